The van der Waals surface area contributed by atoms with Crippen molar-refractivity contribution < 1.29 is 19.2 Å². The van der Waals surface area contributed by atoms with Crippen LogP contribution in [-0.4, -0.2) is 50.7 Å². The minimum absolute atomic E-state index is 0.0793. The van der Waals surface area contributed by atoms with E-state index in [0.29, 0.717) is 5.76 Å². The Balaban J connectivity index is 1.49. The Morgan fingerprint density at radius 1 is 1.18 bits per heavy atom. The van der Waals surface area contributed by atoms with Crippen molar-refractivity contribution in [2.75, 3.05) is 6.54 Å². The van der Waals surface area contributed by atoms with E-state index in [9.17, 15) is 14.7 Å². The number of nitrogens with one attached hydrogen (secondary N) is 1. The number of carbonyl (C=O) groups is 2. The molecular weight excluding hydrogens is 500 g/mol. The second kappa shape index (κ2) is 11.0. The van der Waals surface area contributed by atoms with Gasteiger partial charge in [0.15, 0.2) is 0 Å². The quantitative estimate of drug-likeness (QED) is 0.439. The SMILES string of the molecule is Cc1ncsc1-c1ccc([C@H](C)NC(=O)[C@@H]2C[C@@H](O)CN2C(=O)[C@@H](c2cc(C(C)(C)C)no2)C(C)C)cc1. The zero-order chi connectivity index (χ0) is 27.8. The van der Waals surface area contributed by atoms with Gasteiger partial charge in [0, 0.05) is 24.4 Å². The van der Waals surface area contributed by atoms with E-state index in [1.54, 1.807) is 11.3 Å². The molecule has 8 nitrogen and oxygen atoms in total. The normalized spacial score (nSPS) is 19.6. The van der Waals surface area contributed by atoms with E-state index in [1.807, 2.05) is 84.3 Å². The van der Waals surface area contributed by atoms with Crippen LogP contribution in [0, 0.1) is 12.8 Å². The molecule has 0 bridgehead atoms. The predicted molar refractivity (Wildman–Crippen MR) is 148 cm³/mol. The van der Waals surface area contributed by atoms with Crippen molar-refractivity contribution in [3.63, 3.8) is 0 Å². The summed E-state index contributed by atoms with van der Waals surface area (Å²) in [6.45, 7) is 14.0. The number of aliphatic hydroxyl groups excluding tert-OH is 1. The molecule has 4 rings (SSSR count). The Bertz CT molecular complexity index is 1270. The summed E-state index contributed by atoms with van der Waals surface area (Å²) in [5, 5.41) is 17.7. The number of amides is 2. The third kappa shape index (κ3) is 5.83. The molecule has 0 unspecified atom stereocenters. The number of nitrogens with zero attached hydrogens (tertiary/aromatic N) is 3. The van der Waals surface area contributed by atoms with Crippen LogP contribution in [0.5, 0.6) is 0 Å². The Kier molecular flexibility index (Phi) is 8.09. The van der Waals surface area contributed by atoms with Crippen LogP contribution in [0.2, 0.25) is 0 Å². The maximum absolute atomic E-state index is 13.8. The van der Waals surface area contributed by atoms with Crippen molar-refractivity contribution >= 4 is 23.2 Å². The van der Waals surface area contributed by atoms with Crippen LogP contribution in [0.1, 0.15) is 82.6 Å². The molecule has 1 aliphatic rings. The van der Waals surface area contributed by atoms with Crippen molar-refractivity contribution in [2.24, 2.45) is 5.92 Å². The van der Waals surface area contributed by atoms with Gasteiger partial charge in [0.1, 0.15) is 17.7 Å². The second-order valence-electron chi connectivity index (χ2n) is 11.6. The highest BCUT2D eigenvalue weighted by Gasteiger charge is 2.43. The van der Waals surface area contributed by atoms with Crippen molar-refractivity contribution in [3.8, 4) is 10.4 Å². The summed E-state index contributed by atoms with van der Waals surface area (Å²) in [6.07, 6.45) is -0.567. The summed E-state index contributed by atoms with van der Waals surface area (Å²) in [5.74, 6) is -0.700. The van der Waals surface area contributed by atoms with Gasteiger partial charge in [0.2, 0.25) is 11.8 Å². The highest BCUT2D eigenvalue weighted by molar-refractivity contribution is 7.13. The summed E-state index contributed by atoms with van der Waals surface area (Å²) in [6, 6.07) is 8.87. The molecule has 38 heavy (non-hydrogen) atoms. The van der Waals surface area contributed by atoms with E-state index >= 15 is 0 Å². The molecule has 2 aromatic heterocycles. The Labute approximate surface area is 228 Å². The largest absolute Gasteiger partial charge is 0.391 e. The van der Waals surface area contributed by atoms with Crippen LogP contribution in [-0.2, 0) is 15.0 Å². The van der Waals surface area contributed by atoms with Gasteiger partial charge in [0.25, 0.3) is 0 Å². The molecule has 0 spiro atoms. The van der Waals surface area contributed by atoms with E-state index in [4.69, 9.17) is 4.52 Å². The first kappa shape index (κ1) is 28.0. The lowest BCUT2D eigenvalue weighted by Crippen LogP contribution is -2.48. The van der Waals surface area contributed by atoms with Crippen LogP contribution in [0.3, 0.4) is 0 Å². The van der Waals surface area contributed by atoms with Gasteiger partial charge in [-0.15, -0.1) is 11.3 Å². The molecule has 4 atom stereocenters. The number of aromatic nitrogens is 2. The highest BCUT2D eigenvalue weighted by atomic mass is 32.1. The Morgan fingerprint density at radius 3 is 2.42 bits per heavy atom. The lowest BCUT2D eigenvalue weighted by Gasteiger charge is -2.29. The van der Waals surface area contributed by atoms with E-state index in [0.717, 1.165) is 27.4 Å². The third-order valence-electron chi connectivity index (χ3n) is 7.18. The van der Waals surface area contributed by atoms with Crippen molar-refractivity contribution in [1.82, 2.24) is 20.4 Å². The first-order valence-corrected chi connectivity index (χ1v) is 14.0. The van der Waals surface area contributed by atoms with Gasteiger partial charge < -0.3 is 19.8 Å². The van der Waals surface area contributed by atoms with E-state index in [-0.39, 0.29) is 42.2 Å². The lowest BCUT2D eigenvalue weighted by atomic mass is 9.88. The monoisotopic (exact) mass is 538 g/mol. The minimum atomic E-state index is -0.764. The number of aliphatic hydroxyl groups is 1. The van der Waals surface area contributed by atoms with Gasteiger partial charge in [-0.05, 0) is 30.9 Å². The summed E-state index contributed by atoms with van der Waals surface area (Å²) in [4.78, 5) is 34.1. The van der Waals surface area contributed by atoms with Gasteiger partial charge in [0.05, 0.1) is 33.9 Å². The number of carbonyl (C=O) groups excluding carboxylic acids is 2. The molecule has 204 valence electrons. The lowest BCUT2D eigenvalue weighted by molar-refractivity contribution is -0.141. The molecule has 2 amide bonds. The third-order valence-corrected chi connectivity index (χ3v) is 8.16. The molecule has 9 heteroatoms. The summed E-state index contributed by atoms with van der Waals surface area (Å²) < 4.78 is 5.62. The smallest absolute Gasteiger partial charge is 0.243 e. The molecule has 1 fully saturated rings. The van der Waals surface area contributed by atoms with E-state index in [2.05, 4.69) is 15.5 Å². The van der Waals surface area contributed by atoms with E-state index < -0.39 is 18.1 Å². The number of β-amino-alcohol motifs (C(OH)–C–C–N with tert-alkyl or cyclic N) is 1. The molecule has 0 aliphatic carbocycles. The Morgan fingerprint density at radius 2 is 1.87 bits per heavy atom. The standard InChI is InChI=1S/C29H38N4O4S/c1-16(2)25(23-13-24(32-37-23)29(5,6)7)28(36)33-14-21(34)12-22(33)27(35)31-17(3)19-8-10-20(11-9-19)26-18(4)30-15-38-26/h8-11,13,15-17,21-22,25,34H,12,14H2,1-7H3,(H,31,35)/t17-,21+,22-,25+/m0/s1. The van der Waals surface area contributed by atoms with Crippen LogP contribution in [0.25, 0.3) is 10.4 Å². The topological polar surface area (TPSA) is 109 Å². The maximum Gasteiger partial charge on any atom is 0.243 e. The van der Waals surface area contributed by atoms with Crippen molar-refractivity contribution in [3.05, 3.63) is 58.6 Å². The molecular formula is C29H38N4O4S. The number of benzene rings is 1. The molecule has 0 saturated carbocycles. The zero-order valence-corrected chi connectivity index (χ0v) is 24.0. The summed E-state index contributed by atoms with van der Waals surface area (Å²) >= 11 is 1.60. The number of hydrogen-bond acceptors (Lipinski definition) is 7. The van der Waals surface area contributed by atoms with Gasteiger partial charge in [-0.1, -0.05) is 64.0 Å². The molecule has 0 radical (unpaired) electrons. The fourth-order valence-corrected chi connectivity index (χ4v) is 5.72. The van der Waals surface area contributed by atoms with Gasteiger partial charge in [-0.2, -0.15) is 0 Å². The molecule has 3 aromatic rings. The predicted octanol–water partition coefficient (Wildman–Crippen LogP) is 4.98. The van der Waals surface area contributed by atoms with Crippen LogP contribution < -0.4 is 5.32 Å². The molecule has 2 N–H and O–H groups in total. The number of aryl methyl sites for hydroxylation is 1. The minimum Gasteiger partial charge on any atom is -0.391 e. The van der Waals surface area contributed by atoms with Crippen molar-refractivity contribution in [1.29, 1.82) is 0 Å². The average Bonchev–Trinajstić information content (AvgIpc) is 3.58. The van der Waals surface area contributed by atoms with Crippen LogP contribution >= 0.6 is 11.3 Å². The average molecular weight is 539 g/mol. The van der Waals surface area contributed by atoms with Crippen molar-refractivity contribution in [2.45, 2.75) is 84.4 Å². The first-order chi connectivity index (χ1) is 17.9. The van der Waals surface area contributed by atoms with E-state index in [1.165, 1.54) is 4.90 Å². The van der Waals surface area contributed by atoms with Gasteiger partial charge in [-0.25, -0.2) is 4.98 Å². The number of hydrogen-bond donors (Lipinski definition) is 2. The number of likely N-dealkylation sites (tertiary alicyclic amines) is 1. The maximum atomic E-state index is 13.8. The fourth-order valence-electron chi connectivity index (χ4n) is 4.90. The Hall–Kier alpha value is -3.04. The molecule has 3 heterocycles. The molecule has 1 aliphatic heterocycles. The van der Waals surface area contributed by atoms with Gasteiger partial charge >= 0.3 is 0 Å². The highest BCUT2D eigenvalue weighted by Crippen LogP contribution is 2.33. The summed E-state index contributed by atoms with van der Waals surface area (Å²) in [7, 11) is 0. The number of thiazole rings is 1. The second-order valence-corrected chi connectivity index (χ2v) is 12.5. The zero-order valence-electron chi connectivity index (χ0n) is 23.2. The molecule has 1 saturated heterocycles. The fraction of sp³-hybridized carbons (Fsp3) is 0.517. The summed E-state index contributed by atoms with van der Waals surface area (Å²) in [5.41, 5.74) is 5.43. The molecule has 1 aromatic carbocycles. The van der Waals surface area contributed by atoms with Crippen LogP contribution in [0.4, 0.5) is 0 Å². The number of rotatable bonds is 7. The van der Waals surface area contributed by atoms with Crippen LogP contribution in [0.15, 0.2) is 40.4 Å². The first-order valence-electron chi connectivity index (χ1n) is 13.1. The van der Waals surface area contributed by atoms with Gasteiger partial charge in [-0.3, -0.25) is 9.59 Å².